The second-order valence-corrected chi connectivity index (χ2v) is 9.44. The molecule has 0 atom stereocenters. The van der Waals surface area contributed by atoms with Crippen LogP contribution >= 0.6 is 0 Å². The van der Waals surface area contributed by atoms with E-state index < -0.39 is 5.41 Å². The number of rotatable bonds is 4. The van der Waals surface area contributed by atoms with Crippen molar-refractivity contribution in [3.63, 3.8) is 0 Å². The Hall–Kier alpha value is -3.13. The van der Waals surface area contributed by atoms with E-state index in [0.29, 0.717) is 11.8 Å². The van der Waals surface area contributed by atoms with E-state index >= 15 is 0 Å². The Morgan fingerprint density at radius 2 is 1.81 bits per heavy atom. The van der Waals surface area contributed by atoms with E-state index in [1.165, 1.54) is 22.4 Å². The highest BCUT2D eigenvalue weighted by Gasteiger charge is 2.35. The molecule has 1 aromatic carbocycles. The summed E-state index contributed by atoms with van der Waals surface area (Å²) < 4.78 is 0. The molecule has 2 aliphatic carbocycles. The number of anilines is 1. The molecule has 158 valence electrons. The molecule has 31 heavy (non-hydrogen) atoms. The van der Waals surface area contributed by atoms with E-state index in [2.05, 4.69) is 52.4 Å². The Kier molecular flexibility index (Phi) is 4.81. The van der Waals surface area contributed by atoms with Crippen LogP contribution < -0.4 is 4.90 Å². The van der Waals surface area contributed by atoms with Crippen LogP contribution in [0.1, 0.15) is 49.1 Å². The van der Waals surface area contributed by atoms with E-state index in [-0.39, 0.29) is 0 Å². The van der Waals surface area contributed by atoms with Crippen LogP contribution in [0.25, 0.3) is 11.6 Å². The number of carbonyl (C=O) groups is 1. The minimum absolute atomic E-state index is 0.298. The fourth-order valence-electron chi connectivity index (χ4n) is 4.59. The molecule has 2 fully saturated rings. The summed E-state index contributed by atoms with van der Waals surface area (Å²) in [5.41, 5.74) is 6.54. The molecule has 0 spiro atoms. The molecule has 5 rings (SSSR count). The lowest BCUT2D eigenvalue weighted by molar-refractivity contribution is -0.132. The summed E-state index contributed by atoms with van der Waals surface area (Å²) in [5.74, 6) is 0.650. The van der Waals surface area contributed by atoms with Gasteiger partial charge in [-0.2, -0.15) is 5.26 Å². The number of carbonyl (C=O) groups excluding carboxylic acids is 1. The standard InChI is InChI=1S/C26H28N4O/c1-26(2,17-27)21-7-5-18(6-8-21)20-15-22-23(16-20)28-10-9-24(22)29-11-13-30(14-12-29)25(31)19-3-4-19/h5-10,15,19H,3-4,11-14,16H2,1-2H3. The van der Waals surface area contributed by atoms with Gasteiger partial charge in [-0.3, -0.25) is 9.78 Å². The maximum atomic E-state index is 12.4. The normalized spacial score (nSPS) is 18.4. The minimum atomic E-state index is -0.483. The minimum Gasteiger partial charge on any atom is -0.367 e. The van der Waals surface area contributed by atoms with Gasteiger partial charge < -0.3 is 9.80 Å². The van der Waals surface area contributed by atoms with Gasteiger partial charge in [0.2, 0.25) is 5.91 Å². The molecule has 5 nitrogen and oxygen atoms in total. The highest BCUT2D eigenvalue weighted by molar-refractivity contribution is 5.92. The highest BCUT2D eigenvalue weighted by Crippen LogP contribution is 2.37. The molecule has 1 aromatic heterocycles. The van der Waals surface area contributed by atoms with E-state index in [1.54, 1.807) is 0 Å². The lowest BCUT2D eigenvalue weighted by Crippen LogP contribution is -2.49. The number of amides is 1. The molecule has 0 radical (unpaired) electrons. The molecule has 0 unspecified atom stereocenters. The average Bonchev–Trinajstić information content (AvgIpc) is 3.56. The predicted octanol–water partition coefficient (Wildman–Crippen LogP) is 4.04. The van der Waals surface area contributed by atoms with E-state index in [1.807, 2.05) is 24.9 Å². The molecule has 3 aliphatic rings. The molecule has 1 amide bonds. The number of benzene rings is 1. The van der Waals surface area contributed by atoms with Crippen molar-refractivity contribution in [1.29, 1.82) is 5.26 Å². The monoisotopic (exact) mass is 412 g/mol. The van der Waals surface area contributed by atoms with Crippen LogP contribution in [0.4, 0.5) is 5.69 Å². The Morgan fingerprint density at radius 3 is 2.45 bits per heavy atom. The third-order valence-corrected chi connectivity index (χ3v) is 6.84. The van der Waals surface area contributed by atoms with E-state index in [0.717, 1.165) is 56.7 Å². The van der Waals surface area contributed by atoms with Crippen LogP contribution in [0.5, 0.6) is 0 Å². The number of fused-ring (bicyclic) bond motifs is 1. The lowest BCUT2D eigenvalue weighted by atomic mass is 9.85. The van der Waals surface area contributed by atoms with Crippen molar-refractivity contribution in [3.8, 4) is 6.07 Å². The number of allylic oxidation sites excluding steroid dienone is 1. The van der Waals surface area contributed by atoms with Gasteiger partial charge in [0.25, 0.3) is 0 Å². The van der Waals surface area contributed by atoms with Gasteiger partial charge in [-0.05, 0) is 55.5 Å². The smallest absolute Gasteiger partial charge is 0.225 e. The first kappa shape index (κ1) is 19.8. The van der Waals surface area contributed by atoms with Crippen LogP contribution in [-0.2, 0) is 16.6 Å². The number of hydrogen-bond donors (Lipinski definition) is 0. The van der Waals surface area contributed by atoms with Gasteiger partial charge in [0.15, 0.2) is 0 Å². The van der Waals surface area contributed by atoms with Crippen molar-refractivity contribution in [2.75, 3.05) is 31.1 Å². The summed E-state index contributed by atoms with van der Waals surface area (Å²) >= 11 is 0. The quantitative estimate of drug-likeness (QED) is 0.760. The Bertz CT molecular complexity index is 1080. The number of piperazine rings is 1. The molecule has 1 saturated carbocycles. The maximum absolute atomic E-state index is 12.4. The molecule has 2 aromatic rings. The summed E-state index contributed by atoms with van der Waals surface area (Å²) in [5, 5.41) is 9.38. The highest BCUT2D eigenvalue weighted by atomic mass is 16.2. The summed E-state index contributed by atoms with van der Waals surface area (Å²) in [6.45, 7) is 7.24. The third kappa shape index (κ3) is 3.72. The molecule has 0 bridgehead atoms. The Balaban J connectivity index is 1.34. The lowest BCUT2D eigenvalue weighted by Gasteiger charge is -2.37. The SMILES string of the molecule is CC(C)(C#N)c1ccc(C2=Cc3c(N4CCN(C(=O)C5CC5)CC4)ccnc3C2)cc1. The first-order valence-electron chi connectivity index (χ1n) is 11.2. The third-order valence-electron chi connectivity index (χ3n) is 6.84. The first-order chi connectivity index (χ1) is 15.0. The van der Waals surface area contributed by atoms with Gasteiger partial charge in [-0.15, -0.1) is 0 Å². The summed E-state index contributed by atoms with van der Waals surface area (Å²) in [7, 11) is 0. The van der Waals surface area contributed by atoms with Crippen molar-refractivity contribution in [3.05, 3.63) is 58.9 Å². The van der Waals surface area contributed by atoms with Crippen LogP contribution in [0, 0.1) is 17.2 Å². The van der Waals surface area contributed by atoms with Crippen molar-refractivity contribution in [1.82, 2.24) is 9.88 Å². The summed E-state index contributed by atoms with van der Waals surface area (Å²) in [4.78, 5) is 21.5. The van der Waals surface area contributed by atoms with Crippen molar-refractivity contribution in [2.24, 2.45) is 5.92 Å². The largest absolute Gasteiger partial charge is 0.367 e. The van der Waals surface area contributed by atoms with E-state index in [4.69, 9.17) is 0 Å². The zero-order valence-electron chi connectivity index (χ0n) is 18.3. The molecule has 1 saturated heterocycles. The van der Waals surface area contributed by atoms with Crippen LogP contribution in [0.15, 0.2) is 36.5 Å². The van der Waals surface area contributed by atoms with Gasteiger partial charge in [0, 0.05) is 56.0 Å². The van der Waals surface area contributed by atoms with Gasteiger partial charge in [0.1, 0.15) is 0 Å². The number of nitrogens with zero attached hydrogens (tertiary/aromatic N) is 4. The Morgan fingerprint density at radius 1 is 1.10 bits per heavy atom. The zero-order valence-corrected chi connectivity index (χ0v) is 18.3. The number of pyridine rings is 1. The van der Waals surface area contributed by atoms with Crippen LogP contribution in [0.3, 0.4) is 0 Å². The van der Waals surface area contributed by atoms with Crippen molar-refractivity contribution in [2.45, 2.75) is 38.5 Å². The fraction of sp³-hybridized carbons (Fsp3) is 0.423. The van der Waals surface area contributed by atoms with Crippen molar-refractivity contribution >= 4 is 23.2 Å². The number of hydrogen-bond acceptors (Lipinski definition) is 4. The van der Waals surface area contributed by atoms with Crippen molar-refractivity contribution < 1.29 is 4.79 Å². The molecular weight excluding hydrogens is 384 g/mol. The van der Waals surface area contributed by atoms with Crippen LogP contribution in [-0.4, -0.2) is 42.0 Å². The second-order valence-electron chi connectivity index (χ2n) is 9.44. The summed E-state index contributed by atoms with van der Waals surface area (Å²) in [6, 6.07) is 12.8. The topological polar surface area (TPSA) is 60.2 Å². The molecule has 0 N–H and O–H groups in total. The second kappa shape index (κ2) is 7.53. The Labute approximate surface area is 184 Å². The first-order valence-corrected chi connectivity index (χ1v) is 11.2. The number of nitriles is 1. The molecular formula is C26H28N4O. The average molecular weight is 413 g/mol. The van der Waals surface area contributed by atoms with E-state index in [9.17, 15) is 10.1 Å². The predicted molar refractivity (Wildman–Crippen MR) is 122 cm³/mol. The summed E-state index contributed by atoms with van der Waals surface area (Å²) in [6.07, 6.45) is 7.14. The van der Waals surface area contributed by atoms with Gasteiger partial charge in [-0.1, -0.05) is 24.3 Å². The van der Waals surface area contributed by atoms with Gasteiger partial charge in [-0.25, -0.2) is 0 Å². The van der Waals surface area contributed by atoms with Crippen LogP contribution in [0.2, 0.25) is 0 Å². The molecule has 2 heterocycles. The molecule has 5 heteroatoms. The fourth-order valence-corrected chi connectivity index (χ4v) is 4.59. The zero-order chi connectivity index (χ0) is 21.6. The maximum Gasteiger partial charge on any atom is 0.225 e. The molecule has 1 aliphatic heterocycles. The van der Waals surface area contributed by atoms with Gasteiger partial charge >= 0.3 is 0 Å². The number of aromatic nitrogens is 1. The van der Waals surface area contributed by atoms with Gasteiger partial charge in [0.05, 0.1) is 17.2 Å².